The van der Waals surface area contributed by atoms with Gasteiger partial charge in [0.2, 0.25) is 0 Å². The molecule has 1 aliphatic heterocycles. The number of nitrogens with zero attached hydrogens (tertiary/aromatic N) is 4. The van der Waals surface area contributed by atoms with Crippen molar-refractivity contribution in [1.82, 2.24) is 14.9 Å². The average Bonchev–Trinajstić information content (AvgIpc) is 3.11. The zero-order chi connectivity index (χ0) is 19.5. The summed E-state index contributed by atoms with van der Waals surface area (Å²) >= 11 is 1.70. The van der Waals surface area contributed by atoms with E-state index >= 15 is 0 Å². The first-order chi connectivity index (χ1) is 13.7. The summed E-state index contributed by atoms with van der Waals surface area (Å²) in [5.74, 6) is 1.44. The van der Waals surface area contributed by atoms with Gasteiger partial charge in [-0.05, 0) is 60.8 Å². The summed E-state index contributed by atoms with van der Waals surface area (Å²) in [5.41, 5.74) is 1.26. The Morgan fingerprint density at radius 3 is 3.04 bits per heavy atom. The largest absolute Gasteiger partial charge is 0.491 e. The standard InChI is InChI=1S/C21H25FN4OS/c1-15-12-26(21-19(27-2)11-23-14-24-21)9-8-25(15)7-3-4-16-13-28-20-6-5-17(22)10-18(16)20/h5-6,10-11,13-15H,3-4,7-9,12H2,1-2H3. The first-order valence-electron chi connectivity index (χ1n) is 9.64. The topological polar surface area (TPSA) is 41.5 Å². The molecule has 4 rings (SSSR count). The van der Waals surface area contributed by atoms with Gasteiger partial charge in [0.1, 0.15) is 12.1 Å². The molecule has 3 aromatic rings. The molecule has 3 heterocycles. The molecule has 1 atom stereocenters. The van der Waals surface area contributed by atoms with Crippen LogP contribution in [-0.2, 0) is 6.42 Å². The Balaban J connectivity index is 1.33. The fraction of sp³-hybridized carbons (Fsp3) is 0.429. The SMILES string of the molecule is COc1cncnc1N1CCN(CCCc2csc3ccc(F)cc23)C(C)C1. The molecule has 1 fully saturated rings. The van der Waals surface area contributed by atoms with Gasteiger partial charge in [-0.25, -0.2) is 14.4 Å². The van der Waals surface area contributed by atoms with Gasteiger partial charge in [-0.15, -0.1) is 11.3 Å². The maximum atomic E-state index is 13.6. The van der Waals surface area contributed by atoms with Crippen LogP contribution in [0.2, 0.25) is 0 Å². The van der Waals surface area contributed by atoms with Crippen molar-refractivity contribution >= 4 is 27.2 Å². The van der Waals surface area contributed by atoms with Crippen LogP contribution in [0.3, 0.4) is 0 Å². The van der Waals surface area contributed by atoms with Crippen molar-refractivity contribution in [2.45, 2.75) is 25.8 Å². The Morgan fingerprint density at radius 2 is 2.21 bits per heavy atom. The molecule has 7 heteroatoms. The van der Waals surface area contributed by atoms with Crippen molar-refractivity contribution in [2.24, 2.45) is 0 Å². The highest BCUT2D eigenvalue weighted by molar-refractivity contribution is 7.17. The van der Waals surface area contributed by atoms with Crippen LogP contribution in [0, 0.1) is 5.82 Å². The highest BCUT2D eigenvalue weighted by Gasteiger charge is 2.26. The summed E-state index contributed by atoms with van der Waals surface area (Å²) in [6, 6.07) is 5.51. The number of aryl methyl sites for hydroxylation is 1. The van der Waals surface area contributed by atoms with Crippen molar-refractivity contribution < 1.29 is 9.13 Å². The van der Waals surface area contributed by atoms with Crippen molar-refractivity contribution in [3.8, 4) is 5.75 Å². The zero-order valence-electron chi connectivity index (χ0n) is 16.3. The van der Waals surface area contributed by atoms with E-state index in [1.54, 1.807) is 37.0 Å². The highest BCUT2D eigenvalue weighted by Crippen LogP contribution is 2.29. The molecule has 0 bridgehead atoms. The van der Waals surface area contributed by atoms with Gasteiger partial charge >= 0.3 is 0 Å². The number of aromatic nitrogens is 2. The van der Waals surface area contributed by atoms with Gasteiger partial charge in [-0.3, -0.25) is 4.90 Å². The van der Waals surface area contributed by atoms with E-state index in [0.29, 0.717) is 6.04 Å². The van der Waals surface area contributed by atoms with Crippen LogP contribution >= 0.6 is 11.3 Å². The smallest absolute Gasteiger partial charge is 0.179 e. The maximum absolute atomic E-state index is 13.6. The highest BCUT2D eigenvalue weighted by atomic mass is 32.1. The molecule has 0 aliphatic carbocycles. The second-order valence-electron chi connectivity index (χ2n) is 7.25. The molecule has 148 valence electrons. The Hall–Kier alpha value is -2.25. The van der Waals surface area contributed by atoms with Gasteiger partial charge < -0.3 is 9.64 Å². The number of hydrogen-bond acceptors (Lipinski definition) is 6. The van der Waals surface area contributed by atoms with Gasteiger partial charge in [0.15, 0.2) is 11.6 Å². The summed E-state index contributed by atoms with van der Waals surface area (Å²) in [5, 5.41) is 3.24. The third kappa shape index (κ3) is 3.95. The molecule has 2 aromatic heterocycles. The monoisotopic (exact) mass is 400 g/mol. The molecule has 0 spiro atoms. The molecule has 0 saturated carbocycles. The van der Waals surface area contributed by atoms with E-state index in [-0.39, 0.29) is 5.82 Å². The number of piperazine rings is 1. The van der Waals surface area contributed by atoms with E-state index < -0.39 is 0 Å². The van der Waals surface area contributed by atoms with Gasteiger partial charge in [0, 0.05) is 30.4 Å². The minimum Gasteiger partial charge on any atom is -0.491 e. The number of thiophene rings is 1. The van der Waals surface area contributed by atoms with Gasteiger partial charge in [-0.1, -0.05) is 0 Å². The van der Waals surface area contributed by atoms with Crippen LogP contribution in [0.1, 0.15) is 18.9 Å². The van der Waals surface area contributed by atoms with E-state index in [1.807, 2.05) is 6.07 Å². The number of fused-ring (bicyclic) bond motifs is 1. The number of anilines is 1. The van der Waals surface area contributed by atoms with Crippen LogP contribution in [0.25, 0.3) is 10.1 Å². The summed E-state index contributed by atoms with van der Waals surface area (Å²) in [4.78, 5) is 13.2. The Morgan fingerprint density at radius 1 is 1.32 bits per heavy atom. The first kappa shape index (κ1) is 19.1. The molecular weight excluding hydrogens is 375 g/mol. The second-order valence-corrected chi connectivity index (χ2v) is 8.16. The minimum atomic E-state index is -0.156. The average molecular weight is 401 g/mol. The quantitative estimate of drug-likeness (QED) is 0.626. The molecule has 1 aliphatic rings. The lowest BCUT2D eigenvalue weighted by molar-refractivity contribution is 0.186. The predicted octanol–water partition coefficient (Wildman–Crippen LogP) is 3.98. The van der Waals surface area contributed by atoms with E-state index in [4.69, 9.17) is 4.74 Å². The summed E-state index contributed by atoms with van der Waals surface area (Å²) in [6.45, 7) is 6.13. The van der Waals surface area contributed by atoms with E-state index in [2.05, 4.69) is 32.1 Å². The van der Waals surface area contributed by atoms with E-state index in [9.17, 15) is 4.39 Å². The fourth-order valence-corrected chi connectivity index (χ4v) is 4.91. The molecule has 1 aromatic carbocycles. The van der Waals surface area contributed by atoms with Crippen molar-refractivity contribution in [1.29, 1.82) is 0 Å². The molecule has 5 nitrogen and oxygen atoms in total. The van der Waals surface area contributed by atoms with Gasteiger partial charge in [0.05, 0.1) is 13.3 Å². The molecule has 28 heavy (non-hydrogen) atoms. The third-order valence-corrected chi connectivity index (χ3v) is 6.46. The summed E-state index contributed by atoms with van der Waals surface area (Å²) in [6.07, 6.45) is 5.34. The van der Waals surface area contributed by atoms with Crippen LogP contribution < -0.4 is 9.64 Å². The molecule has 1 saturated heterocycles. The van der Waals surface area contributed by atoms with Crippen LogP contribution in [0.5, 0.6) is 5.75 Å². The Kier molecular flexibility index (Phi) is 5.73. The van der Waals surface area contributed by atoms with Crippen molar-refractivity contribution in [3.05, 3.63) is 47.5 Å². The molecule has 1 unspecified atom stereocenters. The summed E-state index contributed by atoms with van der Waals surface area (Å²) < 4.78 is 20.1. The number of rotatable bonds is 6. The molecule has 0 N–H and O–H groups in total. The van der Waals surface area contributed by atoms with Crippen LogP contribution in [-0.4, -0.2) is 54.2 Å². The molecular formula is C21H25FN4OS. The van der Waals surface area contributed by atoms with Crippen molar-refractivity contribution in [3.63, 3.8) is 0 Å². The first-order valence-corrected chi connectivity index (χ1v) is 10.5. The number of methoxy groups -OCH3 is 1. The number of hydrogen-bond donors (Lipinski definition) is 0. The fourth-order valence-electron chi connectivity index (χ4n) is 3.93. The summed E-state index contributed by atoms with van der Waals surface area (Å²) in [7, 11) is 1.65. The number of halogens is 1. The Labute approximate surface area is 168 Å². The minimum absolute atomic E-state index is 0.156. The van der Waals surface area contributed by atoms with E-state index in [0.717, 1.165) is 60.7 Å². The third-order valence-electron chi connectivity index (χ3n) is 5.45. The van der Waals surface area contributed by atoms with Gasteiger partial charge in [0.25, 0.3) is 0 Å². The normalized spacial score (nSPS) is 18.0. The zero-order valence-corrected chi connectivity index (χ0v) is 17.1. The predicted molar refractivity (Wildman–Crippen MR) is 112 cm³/mol. The lowest BCUT2D eigenvalue weighted by Gasteiger charge is -2.40. The van der Waals surface area contributed by atoms with Crippen LogP contribution in [0.4, 0.5) is 10.2 Å². The maximum Gasteiger partial charge on any atom is 0.179 e. The van der Waals surface area contributed by atoms with Crippen LogP contribution in [0.15, 0.2) is 36.1 Å². The molecule has 0 amide bonds. The number of ether oxygens (including phenoxy) is 1. The lowest BCUT2D eigenvalue weighted by Crippen LogP contribution is -2.52. The Bertz CT molecular complexity index is 947. The van der Waals surface area contributed by atoms with Crippen molar-refractivity contribution in [2.75, 3.05) is 38.2 Å². The number of benzene rings is 1. The van der Waals surface area contributed by atoms with Gasteiger partial charge in [-0.2, -0.15) is 0 Å². The lowest BCUT2D eigenvalue weighted by atomic mass is 10.1. The second kappa shape index (κ2) is 8.41. The van der Waals surface area contributed by atoms with E-state index in [1.165, 1.54) is 11.6 Å². The molecule has 0 radical (unpaired) electrons.